The first-order valence-electron chi connectivity index (χ1n) is 10.3. The number of aliphatic hydroxyl groups is 1. The number of aliphatic hydroxyl groups excluding tert-OH is 1. The van der Waals surface area contributed by atoms with Gasteiger partial charge in [0.15, 0.2) is 11.5 Å². The topological polar surface area (TPSA) is 98.0 Å². The molecule has 0 aliphatic heterocycles. The Kier molecular flexibility index (Phi) is 6.92. The standard InChI is InChI=1S/C24H24F3NO6/c1-24(2,3)21(10-29)28-9-14(23(31)32)22(30)13-7-20(19(33-4)8-18(13)28)34-11-15-16(26)5-12(25)6-17(15)27/h5-9,21,29H,10-11H2,1-4H3,(H,31,32). The minimum atomic E-state index is -1.46. The van der Waals surface area contributed by atoms with Crippen LogP contribution in [0.1, 0.15) is 42.7 Å². The molecule has 2 N–H and O–H groups in total. The Morgan fingerprint density at radius 2 is 1.71 bits per heavy atom. The van der Waals surface area contributed by atoms with E-state index in [0.29, 0.717) is 12.1 Å². The average Bonchev–Trinajstić information content (AvgIpc) is 2.73. The van der Waals surface area contributed by atoms with Gasteiger partial charge in [0.25, 0.3) is 0 Å². The molecule has 0 spiro atoms. The van der Waals surface area contributed by atoms with E-state index in [1.165, 1.54) is 30.0 Å². The highest BCUT2D eigenvalue weighted by atomic mass is 19.1. The summed E-state index contributed by atoms with van der Waals surface area (Å²) in [6.07, 6.45) is 1.17. The van der Waals surface area contributed by atoms with Gasteiger partial charge in [-0.15, -0.1) is 0 Å². The highest BCUT2D eigenvalue weighted by molar-refractivity contribution is 5.93. The van der Waals surface area contributed by atoms with Gasteiger partial charge >= 0.3 is 5.97 Å². The third-order valence-corrected chi connectivity index (χ3v) is 5.53. The maximum atomic E-state index is 14.0. The molecule has 182 valence electrons. The predicted octanol–water partition coefficient (Wildman–Crippen LogP) is 4.28. The maximum Gasteiger partial charge on any atom is 0.341 e. The first-order valence-corrected chi connectivity index (χ1v) is 10.3. The molecule has 0 saturated carbocycles. The van der Waals surface area contributed by atoms with Crippen molar-refractivity contribution in [2.24, 2.45) is 5.41 Å². The molecule has 0 saturated heterocycles. The van der Waals surface area contributed by atoms with Gasteiger partial charge in [0.05, 0.1) is 36.2 Å². The van der Waals surface area contributed by atoms with Crippen LogP contribution in [0.25, 0.3) is 10.9 Å². The molecular weight excluding hydrogens is 455 g/mol. The number of fused-ring (bicyclic) bond motifs is 1. The van der Waals surface area contributed by atoms with Crippen LogP contribution < -0.4 is 14.9 Å². The van der Waals surface area contributed by atoms with Crippen molar-refractivity contribution < 1.29 is 37.7 Å². The zero-order valence-corrected chi connectivity index (χ0v) is 19.0. The van der Waals surface area contributed by atoms with Crippen molar-refractivity contribution in [3.8, 4) is 11.5 Å². The van der Waals surface area contributed by atoms with Crippen molar-refractivity contribution in [3.63, 3.8) is 0 Å². The first kappa shape index (κ1) is 25.1. The number of methoxy groups -OCH3 is 1. The molecule has 0 aliphatic carbocycles. The van der Waals surface area contributed by atoms with E-state index in [1.807, 2.05) is 20.8 Å². The Morgan fingerprint density at radius 3 is 2.21 bits per heavy atom. The fraction of sp³-hybridized carbons (Fsp3) is 0.333. The summed E-state index contributed by atoms with van der Waals surface area (Å²) in [5, 5.41) is 19.5. The van der Waals surface area contributed by atoms with E-state index >= 15 is 0 Å². The first-order chi connectivity index (χ1) is 15.9. The number of halogens is 3. The zero-order valence-electron chi connectivity index (χ0n) is 19.0. The van der Waals surface area contributed by atoms with Crippen LogP contribution in [0.5, 0.6) is 11.5 Å². The van der Waals surface area contributed by atoms with Crippen molar-refractivity contribution in [2.75, 3.05) is 13.7 Å². The highest BCUT2D eigenvalue weighted by Gasteiger charge is 2.29. The molecule has 7 nitrogen and oxygen atoms in total. The largest absolute Gasteiger partial charge is 0.493 e. The molecule has 0 bridgehead atoms. The normalized spacial score (nSPS) is 12.6. The fourth-order valence-corrected chi connectivity index (χ4v) is 3.68. The van der Waals surface area contributed by atoms with Crippen LogP contribution in [-0.2, 0) is 6.61 Å². The number of benzene rings is 2. The second kappa shape index (κ2) is 9.38. The minimum absolute atomic E-state index is 0.0570. The Labute approximate surface area is 193 Å². The summed E-state index contributed by atoms with van der Waals surface area (Å²) in [4.78, 5) is 24.7. The Balaban J connectivity index is 2.22. The molecule has 0 amide bonds. The van der Waals surface area contributed by atoms with Gasteiger partial charge in [-0.2, -0.15) is 0 Å². The molecule has 34 heavy (non-hydrogen) atoms. The lowest BCUT2D eigenvalue weighted by Crippen LogP contribution is -2.30. The van der Waals surface area contributed by atoms with Crippen LogP contribution in [0.4, 0.5) is 13.2 Å². The summed E-state index contributed by atoms with van der Waals surface area (Å²) in [5.41, 5.74) is -2.12. The lowest BCUT2D eigenvalue weighted by molar-refractivity contribution is 0.0692. The summed E-state index contributed by atoms with van der Waals surface area (Å²) >= 11 is 0. The van der Waals surface area contributed by atoms with E-state index in [9.17, 15) is 33.0 Å². The zero-order chi connectivity index (χ0) is 25.4. The van der Waals surface area contributed by atoms with Gasteiger partial charge in [0.2, 0.25) is 5.43 Å². The van der Waals surface area contributed by atoms with E-state index < -0.39 is 58.0 Å². The summed E-state index contributed by atoms with van der Waals surface area (Å²) in [5.74, 6) is -4.83. The molecule has 0 radical (unpaired) electrons. The molecule has 0 fully saturated rings. The minimum Gasteiger partial charge on any atom is -0.493 e. The van der Waals surface area contributed by atoms with Gasteiger partial charge in [0, 0.05) is 24.4 Å². The third-order valence-electron chi connectivity index (χ3n) is 5.53. The van der Waals surface area contributed by atoms with E-state index in [-0.39, 0.29) is 29.0 Å². The summed E-state index contributed by atoms with van der Waals surface area (Å²) in [7, 11) is 1.31. The van der Waals surface area contributed by atoms with Gasteiger partial charge in [-0.25, -0.2) is 18.0 Å². The molecule has 3 aromatic rings. The molecule has 3 rings (SSSR count). The van der Waals surface area contributed by atoms with E-state index in [2.05, 4.69) is 0 Å². The van der Waals surface area contributed by atoms with Crippen LogP contribution in [0.15, 0.2) is 35.3 Å². The number of carboxylic acids is 1. The van der Waals surface area contributed by atoms with Gasteiger partial charge in [0.1, 0.15) is 29.6 Å². The van der Waals surface area contributed by atoms with E-state index in [1.54, 1.807) is 0 Å². The number of ether oxygens (including phenoxy) is 2. The number of rotatable bonds is 7. The van der Waals surface area contributed by atoms with E-state index in [0.717, 1.165) is 0 Å². The van der Waals surface area contributed by atoms with Crippen molar-refractivity contribution in [3.05, 3.63) is 69.3 Å². The second-order valence-corrected chi connectivity index (χ2v) is 8.81. The van der Waals surface area contributed by atoms with Gasteiger partial charge in [-0.3, -0.25) is 4.79 Å². The number of pyridine rings is 1. The number of hydrogen-bond donors (Lipinski definition) is 2. The Bertz CT molecular complexity index is 1290. The molecule has 1 unspecified atom stereocenters. The lowest BCUT2D eigenvalue weighted by atomic mass is 9.86. The van der Waals surface area contributed by atoms with Crippen molar-refractivity contribution in [1.29, 1.82) is 0 Å². The quantitative estimate of drug-likeness (QED) is 0.525. The van der Waals surface area contributed by atoms with E-state index in [4.69, 9.17) is 9.47 Å². The van der Waals surface area contributed by atoms with Crippen molar-refractivity contribution >= 4 is 16.9 Å². The number of carboxylic acid groups (broad SMARTS) is 1. The molecule has 0 aliphatic rings. The fourth-order valence-electron chi connectivity index (χ4n) is 3.68. The van der Waals surface area contributed by atoms with Crippen LogP contribution in [-0.4, -0.2) is 34.5 Å². The summed E-state index contributed by atoms with van der Waals surface area (Å²) < 4.78 is 53.5. The summed E-state index contributed by atoms with van der Waals surface area (Å²) in [6.45, 7) is 4.55. The van der Waals surface area contributed by atoms with Crippen LogP contribution >= 0.6 is 0 Å². The Morgan fingerprint density at radius 1 is 1.09 bits per heavy atom. The summed E-state index contributed by atoms with van der Waals surface area (Å²) in [6, 6.07) is 3.06. The van der Waals surface area contributed by atoms with Gasteiger partial charge in [-0.1, -0.05) is 20.8 Å². The van der Waals surface area contributed by atoms with Crippen LogP contribution in [0.2, 0.25) is 0 Å². The smallest absolute Gasteiger partial charge is 0.341 e. The SMILES string of the molecule is COc1cc2c(cc1OCc1c(F)cc(F)cc1F)c(=O)c(C(=O)O)cn2C(CO)C(C)(C)C. The number of aromatic carboxylic acids is 1. The van der Waals surface area contributed by atoms with Gasteiger partial charge < -0.3 is 24.3 Å². The third kappa shape index (κ3) is 4.72. The molecule has 1 heterocycles. The average molecular weight is 479 g/mol. The van der Waals surface area contributed by atoms with Crippen LogP contribution in [0, 0.1) is 22.9 Å². The number of aromatic nitrogens is 1. The number of nitrogens with zero attached hydrogens (tertiary/aromatic N) is 1. The molecule has 10 heteroatoms. The Hall–Kier alpha value is -3.53. The monoisotopic (exact) mass is 479 g/mol. The predicted molar refractivity (Wildman–Crippen MR) is 118 cm³/mol. The number of hydrogen-bond acceptors (Lipinski definition) is 5. The second-order valence-electron chi connectivity index (χ2n) is 8.81. The van der Waals surface area contributed by atoms with Gasteiger partial charge in [-0.05, 0) is 11.5 Å². The molecular formula is C24H24F3NO6. The highest BCUT2D eigenvalue weighted by Crippen LogP contribution is 2.37. The number of carbonyl (C=O) groups is 1. The molecule has 1 atom stereocenters. The van der Waals surface area contributed by atoms with Crippen molar-refractivity contribution in [2.45, 2.75) is 33.4 Å². The maximum absolute atomic E-state index is 14.0. The molecule has 1 aromatic heterocycles. The molecule has 2 aromatic carbocycles. The van der Waals surface area contributed by atoms with Crippen LogP contribution in [0.3, 0.4) is 0 Å². The lowest BCUT2D eigenvalue weighted by Gasteiger charge is -2.33. The van der Waals surface area contributed by atoms with Crippen molar-refractivity contribution in [1.82, 2.24) is 4.57 Å².